The van der Waals surface area contributed by atoms with Gasteiger partial charge in [0.25, 0.3) is 0 Å². The van der Waals surface area contributed by atoms with Crippen LogP contribution in [0.3, 0.4) is 0 Å². The molecule has 1 amide bonds. The average Bonchev–Trinajstić information content (AvgIpc) is 3.07. The average molecular weight is 357 g/mol. The van der Waals surface area contributed by atoms with Gasteiger partial charge in [-0.1, -0.05) is 17.7 Å². The number of guanidine groups is 1. The van der Waals surface area contributed by atoms with E-state index in [2.05, 4.69) is 20.6 Å². The van der Waals surface area contributed by atoms with E-state index in [0.29, 0.717) is 31.5 Å². The van der Waals surface area contributed by atoms with Crippen molar-refractivity contribution in [1.82, 2.24) is 15.6 Å². The summed E-state index contributed by atoms with van der Waals surface area (Å²) >= 11 is 0. The Morgan fingerprint density at radius 2 is 1.96 bits per heavy atom. The lowest BCUT2D eigenvalue weighted by atomic mass is 9.93. The fraction of sp³-hybridized carbons (Fsp3) is 0.421. The number of hydrogen-bond donors (Lipinski definition) is 3. The Hall–Kier alpha value is -2.83. The normalized spacial score (nSPS) is 12.1. The smallest absolute Gasteiger partial charge is 0.226 e. The Kier molecular flexibility index (Phi) is 6.38. The van der Waals surface area contributed by atoms with Gasteiger partial charge in [-0.05, 0) is 39.8 Å². The van der Waals surface area contributed by atoms with Gasteiger partial charge < -0.3 is 20.8 Å². The largest absolute Gasteiger partial charge is 0.444 e. The molecule has 2 rings (SSSR count). The molecule has 0 unspecified atom stereocenters. The Morgan fingerprint density at radius 3 is 2.58 bits per heavy atom. The summed E-state index contributed by atoms with van der Waals surface area (Å²) in [6.45, 7) is 9.05. The topological polar surface area (TPSA) is 106 Å². The number of primary amides is 1. The van der Waals surface area contributed by atoms with E-state index in [9.17, 15) is 4.79 Å². The number of benzene rings is 1. The standard InChI is InChI=1S/C19H27N5O2/c1-5-21-18(23-12-19(3,4)17(20)25)22-10-15-11-26-16(24-15)14-8-6-13(2)7-9-14/h6-9,11H,5,10,12H2,1-4H3,(H2,20,25)(H2,21,22,23). The lowest BCUT2D eigenvalue weighted by molar-refractivity contribution is -0.125. The summed E-state index contributed by atoms with van der Waals surface area (Å²) in [4.78, 5) is 20.4. The van der Waals surface area contributed by atoms with Crippen molar-refractivity contribution >= 4 is 11.9 Å². The van der Waals surface area contributed by atoms with Crippen molar-refractivity contribution in [2.75, 3.05) is 13.1 Å². The van der Waals surface area contributed by atoms with Crippen molar-refractivity contribution in [3.63, 3.8) is 0 Å². The molecule has 0 aliphatic carbocycles. The Bertz CT molecular complexity index is 762. The molecule has 26 heavy (non-hydrogen) atoms. The zero-order valence-electron chi connectivity index (χ0n) is 15.8. The van der Waals surface area contributed by atoms with Crippen LogP contribution in [0, 0.1) is 12.3 Å². The Morgan fingerprint density at radius 1 is 1.27 bits per heavy atom. The highest BCUT2D eigenvalue weighted by Crippen LogP contribution is 2.19. The fourth-order valence-corrected chi connectivity index (χ4v) is 2.10. The van der Waals surface area contributed by atoms with Crippen LogP contribution in [-0.2, 0) is 11.3 Å². The molecule has 2 aromatic rings. The second kappa shape index (κ2) is 8.51. The molecule has 140 valence electrons. The molecule has 0 aliphatic heterocycles. The summed E-state index contributed by atoms with van der Waals surface area (Å²) in [6, 6.07) is 7.99. The number of amides is 1. The van der Waals surface area contributed by atoms with E-state index in [4.69, 9.17) is 10.2 Å². The summed E-state index contributed by atoms with van der Waals surface area (Å²) in [7, 11) is 0. The van der Waals surface area contributed by atoms with Gasteiger partial charge in [0.2, 0.25) is 11.8 Å². The van der Waals surface area contributed by atoms with Crippen LogP contribution in [0.25, 0.3) is 11.5 Å². The van der Waals surface area contributed by atoms with Crippen LogP contribution in [0.4, 0.5) is 0 Å². The van der Waals surface area contributed by atoms with Crippen LogP contribution in [-0.4, -0.2) is 29.9 Å². The van der Waals surface area contributed by atoms with E-state index >= 15 is 0 Å². The zero-order valence-corrected chi connectivity index (χ0v) is 15.8. The predicted molar refractivity (Wildman–Crippen MR) is 102 cm³/mol. The van der Waals surface area contributed by atoms with E-state index in [0.717, 1.165) is 11.3 Å². The summed E-state index contributed by atoms with van der Waals surface area (Å²) < 4.78 is 5.55. The molecule has 0 spiro atoms. The molecule has 0 saturated heterocycles. The van der Waals surface area contributed by atoms with E-state index in [1.165, 1.54) is 5.56 Å². The molecule has 0 radical (unpaired) electrons. The van der Waals surface area contributed by atoms with Crippen LogP contribution < -0.4 is 16.4 Å². The Balaban J connectivity index is 2.03. The molecule has 0 atom stereocenters. The van der Waals surface area contributed by atoms with Crippen molar-refractivity contribution in [3.8, 4) is 11.5 Å². The summed E-state index contributed by atoms with van der Waals surface area (Å²) in [6.07, 6.45) is 1.61. The van der Waals surface area contributed by atoms with Crippen LogP contribution in [0.5, 0.6) is 0 Å². The molecule has 7 heteroatoms. The van der Waals surface area contributed by atoms with Crippen LogP contribution in [0.1, 0.15) is 32.0 Å². The van der Waals surface area contributed by atoms with Gasteiger partial charge >= 0.3 is 0 Å². The van der Waals surface area contributed by atoms with Crippen molar-refractivity contribution < 1.29 is 9.21 Å². The third kappa shape index (κ3) is 5.34. The number of nitrogens with zero attached hydrogens (tertiary/aromatic N) is 2. The summed E-state index contributed by atoms with van der Waals surface area (Å²) in [5, 5.41) is 6.27. The third-order valence-electron chi connectivity index (χ3n) is 3.96. The number of nitrogens with one attached hydrogen (secondary N) is 2. The first kappa shape index (κ1) is 19.5. The summed E-state index contributed by atoms with van der Waals surface area (Å²) in [5.74, 6) is 0.810. The van der Waals surface area contributed by atoms with Crippen molar-refractivity contribution in [3.05, 3.63) is 41.8 Å². The molecule has 7 nitrogen and oxygen atoms in total. The van der Waals surface area contributed by atoms with E-state index < -0.39 is 5.41 Å². The van der Waals surface area contributed by atoms with Gasteiger partial charge in [-0.15, -0.1) is 0 Å². The molecule has 0 aliphatic rings. The van der Waals surface area contributed by atoms with E-state index in [-0.39, 0.29) is 5.91 Å². The molecule has 0 fully saturated rings. The third-order valence-corrected chi connectivity index (χ3v) is 3.96. The molecule has 1 aromatic heterocycles. The highest BCUT2D eigenvalue weighted by Gasteiger charge is 2.24. The van der Waals surface area contributed by atoms with Crippen LogP contribution in [0.15, 0.2) is 39.9 Å². The minimum atomic E-state index is -0.664. The number of oxazole rings is 1. The molecule has 0 saturated carbocycles. The van der Waals surface area contributed by atoms with Crippen molar-refractivity contribution in [2.45, 2.75) is 34.2 Å². The van der Waals surface area contributed by atoms with Crippen LogP contribution in [0.2, 0.25) is 0 Å². The minimum Gasteiger partial charge on any atom is -0.444 e. The molecular formula is C19H27N5O2. The molecule has 0 bridgehead atoms. The van der Waals surface area contributed by atoms with E-state index in [1.807, 2.05) is 38.1 Å². The number of rotatable bonds is 7. The number of nitrogens with two attached hydrogens (primary N) is 1. The number of aliphatic imine (C=N–C) groups is 1. The summed E-state index contributed by atoms with van der Waals surface area (Å²) in [5.41, 5.74) is 7.58. The first-order chi connectivity index (χ1) is 12.3. The fourth-order valence-electron chi connectivity index (χ4n) is 2.10. The molecule has 1 heterocycles. The maximum absolute atomic E-state index is 11.4. The number of aryl methyl sites for hydroxylation is 1. The highest BCUT2D eigenvalue weighted by atomic mass is 16.3. The monoisotopic (exact) mass is 357 g/mol. The second-order valence-corrected chi connectivity index (χ2v) is 6.81. The number of aromatic nitrogens is 1. The quantitative estimate of drug-likeness (QED) is 0.520. The molecule has 4 N–H and O–H groups in total. The lowest BCUT2D eigenvalue weighted by Crippen LogP contribution is -2.46. The maximum atomic E-state index is 11.4. The van der Waals surface area contributed by atoms with Crippen LogP contribution >= 0.6 is 0 Å². The van der Waals surface area contributed by atoms with Gasteiger partial charge in [0.05, 0.1) is 12.0 Å². The van der Waals surface area contributed by atoms with Gasteiger partial charge in [0.1, 0.15) is 12.0 Å². The first-order valence-electron chi connectivity index (χ1n) is 8.65. The van der Waals surface area contributed by atoms with Gasteiger partial charge in [-0.25, -0.2) is 9.98 Å². The first-order valence-corrected chi connectivity index (χ1v) is 8.65. The van der Waals surface area contributed by atoms with Gasteiger partial charge in [-0.3, -0.25) is 4.79 Å². The maximum Gasteiger partial charge on any atom is 0.226 e. The van der Waals surface area contributed by atoms with E-state index in [1.54, 1.807) is 20.1 Å². The number of hydrogen-bond acceptors (Lipinski definition) is 4. The zero-order chi connectivity index (χ0) is 19.2. The Labute approximate surface area is 154 Å². The minimum absolute atomic E-state index is 0.361. The second-order valence-electron chi connectivity index (χ2n) is 6.81. The number of carbonyl (C=O) groups is 1. The van der Waals surface area contributed by atoms with Gasteiger partial charge in [-0.2, -0.15) is 0 Å². The van der Waals surface area contributed by atoms with Crippen molar-refractivity contribution in [2.24, 2.45) is 16.1 Å². The molecule has 1 aromatic carbocycles. The predicted octanol–water partition coefficient (Wildman–Crippen LogP) is 2.22. The van der Waals surface area contributed by atoms with Crippen molar-refractivity contribution in [1.29, 1.82) is 0 Å². The van der Waals surface area contributed by atoms with Gasteiger partial charge in [0, 0.05) is 18.7 Å². The highest BCUT2D eigenvalue weighted by molar-refractivity contribution is 5.83. The number of carbonyl (C=O) groups excluding carboxylic acids is 1. The van der Waals surface area contributed by atoms with Gasteiger partial charge in [0.15, 0.2) is 5.96 Å². The lowest BCUT2D eigenvalue weighted by Gasteiger charge is -2.22. The molecular weight excluding hydrogens is 330 g/mol. The SMILES string of the molecule is CCNC(=NCc1coc(-c2ccc(C)cc2)n1)NCC(C)(C)C(N)=O.